The van der Waals surface area contributed by atoms with E-state index in [9.17, 15) is 34.2 Å². The first kappa shape index (κ1) is 26.7. The molecule has 2 rings (SSSR count). The second kappa shape index (κ2) is 12.1. The molecule has 2 heterocycles. The lowest BCUT2D eigenvalue weighted by molar-refractivity contribution is -0.145. The van der Waals surface area contributed by atoms with Crippen LogP contribution in [0.2, 0.25) is 0 Å². The number of hydrogen-bond donors (Lipinski definition) is 7. The van der Waals surface area contributed by atoms with Gasteiger partial charge in [-0.1, -0.05) is 0 Å². The minimum atomic E-state index is -1.34. The molecule has 1 aromatic heterocycles. The van der Waals surface area contributed by atoms with Crippen molar-refractivity contribution in [1.29, 1.82) is 0 Å². The normalized spacial score (nSPS) is 19.0. The molecule has 8 N–H and O–H groups in total. The Labute approximate surface area is 194 Å². The second-order valence-electron chi connectivity index (χ2n) is 8.13. The van der Waals surface area contributed by atoms with Crippen LogP contribution in [0.4, 0.5) is 0 Å². The van der Waals surface area contributed by atoms with Crippen LogP contribution in [0.15, 0.2) is 12.5 Å². The molecule has 1 saturated heterocycles. The summed E-state index contributed by atoms with van der Waals surface area (Å²) in [5.41, 5.74) is 6.10. The molecule has 1 aliphatic rings. The Morgan fingerprint density at radius 1 is 1.24 bits per heavy atom. The molecule has 0 spiro atoms. The third kappa shape index (κ3) is 7.25. The summed E-state index contributed by atoms with van der Waals surface area (Å²) in [7, 11) is 0. The zero-order chi connectivity index (χ0) is 25.4. The minimum absolute atomic E-state index is 0.0454. The fourth-order valence-electron chi connectivity index (χ4n) is 3.60. The van der Waals surface area contributed by atoms with Crippen LogP contribution in [-0.4, -0.2) is 96.7 Å². The summed E-state index contributed by atoms with van der Waals surface area (Å²) in [5.74, 6) is -4.67. The van der Waals surface area contributed by atoms with Gasteiger partial charge >= 0.3 is 11.9 Å². The first-order chi connectivity index (χ1) is 16.0. The number of aliphatic hydroxyl groups is 1. The molecule has 5 atom stereocenters. The quantitative estimate of drug-likeness (QED) is 0.166. The molecule has 0 aromatic carbocycles. The minimum Gasteiger partial charge on any atom is -0.481 e. The summed E-state index contributed by atoms with van der Waals surface area (Å²) < 4.78 is 0. The zero-order valence-corrected chi connectivity index (χ0v) is 18.6. The van der Waals surface area contributed by atoms with Gasteiger partial charge in [0.25, 0.3) is 0 Å². The first-order valence-corrected chi connectivity index (χ1v) is 10.8. The van der Waals surface area contributed by atoms with Crippen molar-refractivity contribution in [1.82, 2.24) is 25.5 Å². The van der Waals surface area contributed by atoms with Crippen LogP contribution >= 0.6 is 0 Å². The number of carboxylic acid groups (broad SMARTS) is 2. The van der Waals surface area contributed by atoms with E-state index >= 15 is 0 Å². The summed E-state index contributed by atoms with van der Waals surface area (Å²) in [6.45, 7) is 1.46. The highest BCUT2D eigenvalue weighted by Gasteiger charge is 2.39. The number of aliphatic hydroxyl groups excluding tert-OH is 1. The van der Waals surface area contributed by atoms with Crippen molar-refractivity contribution in [2.24, 2.45) is 5.73 Å². The highest BCUT2D eigenvalue weighted by atomic mass is 16.4. The fourth-order valence-corrected chi connectivity index (χ4v) is 3.60. The number of amides is 3. The van der Waals surface area contributed by atoms with Crippen LogP contribution in [0.5, 0.6) is 0 Å². The number of aromatic amines is 1. The standard InChI is InChI=1S/C20H30N6O8/c1-10(27)16(21)18(31)24-12(4-5-15(28)29)19(32)26-6-2-3-14(26)17(30)25-13(20(33)34)7-11-8-22-9-23-11/h8-10,12-14,16,27H,2-7,21H2,1H3,(H,22,23)(H,24,31)(H,25,30)(H,28,29)(H,33,34)/t10-,12+,13+,14+,16+/m1/s1. The highest BCUT2D eigenvalue weighted by Crippen LogP contribution is 2.20. The lowest BCUT2D eigenvalue weighted by Gasteiger charge is -2.30. The Bertz CT molecular complexity index is 890. The molecule has 34 heavy (non-hydrogen) atoms. The number of hydrogen-bond acceptors (Lipinski definition) is 8. The highest BCUT2D eigenvalue weighted by molar-refractivity contribution is 5.94. The van der Waals surface area contributed by atoms with E-state index < -0.39 is 66.4 Å². The van der Waals surface area contributed by atoms with Crippen LogP contribution in [-0.2, 0) is 30.4 Å². The number of nitrogens with two attached hydrogens (primary N) is 1. The molecular weight excluding hydrogens is 452 g/mol. The maximum atomic E-state index is 13.2. The number of imidazole rings is 1. The van der Waals surface area contributed by atoms with Crippen LogP contribution < -0.4 is 16.4 Å². The van der Waals surface area contributed by atoms with Gasteiger partial charge in [0.1, 0.15) is 24.2 Å². The summed E-state index contributed by atoms with van der Waals surface area (Å²) in [6.07, 6.45) is 1.59. The van der Waals surface area contributed by atoms with E-state index in [4.69, 9.17) is 10.8 Å². The van der Waals surface area contributed by atoms with E-state index in [1.165, 1.54) is 24.3 Å². The molecule has 14 nitrogen and oxygen atoms in total. The molecule has 0 radical (unpaired) electrons. The molecule has 1 aromatic rings. The van der Waals surface area contributed by atoms with Crippen LogP contribution in [0.3, 0.4) is 0 Å². The molecule has 188 valence electrons. The van der Waals surface area contributed by atoms with E-state index in [0.717, 1.165) is 0 Å². The topological polar surface area (TPSA) is 228 Å². The van der Waals surface area contributed by atoms with Crippen LogP contribution in [0.25, 0.3) is 0 Å². The molecule has 0 saturated carbocycles. The third-order valence-electron chi connectivity index (χ3n) is 5.52. The number of aliphatic carboxylic acids is 2. The van der Waals surface area contributed by atoms with Gasteiger partial charge in [-0.15, -0.1) is 0 Å². The zero-order valence-electron chi connectivity index (χ0n) is 18.6. The number of likely N-dealkylation sites (tertiary alicyclic amines) is 1. The maximum absolute atomic E-state index is 13.2. The molecule has 3 amide bonds. The Kier molecular flexibility index (Phi) is 9.50. The number of H-pyrrole nitrogens is 1. The molecule has 0 aliphatic carbocycles. The van der Waals surface area contributed by atoms with Gasteiger partial charge in [-0.2, -0.15) is 0 Å². The van der Waals surface area contributed by atoms with Gasteiger partial charge in [-0.25, -0.2) is 9.78 Å². The van der Waals surface area contributed by atoms with Crippen molar-refractivity contribution in [2.45, 2.75) is 69.3 Å². The average molecular weight is 482 g/mol. The van der Waals surface area contributed by atoms with Gasteiger partial charge in [0.05, 0.1) is 12.4 Å². The van der Waals surface area contributed by atoms with Gasteiger partial charge in [-0.05, 0) is 26.2 Å². The van der Waals surface area contributed by atoms with Crippen molar-refractivity contribution in [2.75, 3.05) is 6.54 Å². The van der Waals surface area contributed by atoms with E-state index in [1.807, 2.05) is 0 Å². The SMILES string of the molecule is C[C@@H](O)[C@H](N)C(=O)N[C@@H](CCC(=O)O)C(=O)N1CCC[C@H]1C(=O)N[C@@H](Cc1cnc[nH]1)C(=O)O. The fraction of sp³-hybridized carbons (Fsp3) is 0.600. The summed E-state index contributed by atoms with van der Waals surface area (Å²) in [6, 6.07) is -4.89. The predicted octanol–water partition coefficient (Wildman–Crippen LogP) is -2.43. The molecular formula is C20H30N6O8. The van der Waals surface area contributed by atoms with Gasteiger partial charge in [0.15, 0.2) is 0 Å². The number of carbonyl (C=O) groups is 5. The van der Waals surface area contributed by atoms with Gasteiger partial charge < -0.3 is 41.6 Å². The molecule has 1 fully saturated rings. The molecule has 14 heteroatoms. The largest absolute Gasteiger partial charge is 0.481 e. The molecule has 0 bridgehead atoms. The lowest BCUT2D eigenvalue weighted by Crippen LogP contribution is -2.58. The van der Waals surface area contributed by atoms with Gasteiger partial charge in [-0.3, -0.25) is 19.2 Å². The van der Waals surface area contributed by atoms with Crippen molar-refractivity contribution >= 4 is 29.7 Å². The summed E-state index contributed by atoms with van der Waals surface area (Å²) >= 11 is 0. The monoisotopic (exact) mass is 482 g/mol. The number of aromatic nitrogens is 2. The molecule has 1 aliphatic heterocycles. The maximum Gasteiger partial charge on any atom is 0.326 e. The number of rotatable bonds is 12. The van der Waals surface area contributed by atoms with Crippen molar-refractivity contribution in [3.63, 3.8) is 0 Å². The Hall–Kier alpha value is -3.52. The summed E-state index contributed by atoms with van der Waals surface area (Å²) in [5, 5.41) is 32.8. The summed E-state index contributed by atoms with van der Waals surface area (Å²) in [4.78, 5) is 68.8. The number of carboxylic acids is 2. The number of nitrogens with one attached hydrogen (secondary N) is 3. The second-order valence-corrected chi connectivity index (χ2v) is 8.13. The first-order valence-electron chi connectivity index (χ1n) is 10.8. The van der Waals surface area contributed by atoms with Gasteiger partial charge in [0.2, 0.25) is 17.7 Å². The van der Waals surface area contributed by atoms with Gasteiger partial charge in [0, 0.05) is 31.3 Å². The smallest absolute Gasteiger partial charge is 0.326 e. The van der Waals surface area contributed by atoms with Crippen LogP contribution in [0.1, 0.15) is 38.3 Å². The van der Waals surface area contributed by atoms with E-state index in [1.54, 1.807) is 0 Å². The Balaban J connectivity index is 2.13. The Morgan fingerprint density at radius 2 is 1.94 bits per heavy atom. The van der Waals surface area contributed by atoms with Crippen molar-refractivity contribution in [3.05, 3.63) is 18.2 Å². The van der Waals surface area contributed by atoms with E-state index in [0.29, 0.717) is 12.1 Å². The molecule has 0 unspecified atom stereocenters. The lowest BCUT2D eigenvalue weighted by atomic mass is 10.1. The van der Waals surface area contributed by atoms with Crippen LogP contribution in [0, 0.1) is 0 Å². The predicted molar refractivity (Wildman–Crippen MR) is 115 cm³/mol. The third-order valence-corrected chi connectivity index (χ3v) is 5.52. The van der Waals surface area contributed by atoms with Crippen molar-refractivity contribution in [3.8, 4) is 0 Å². The number of nitrogens with zero attached hydrogens (tertiary/aromatic N) is 2. The number of carbonyl (C=O) groups excluding carboxylic acids is 3. The average Bonchev–Trinajstić information content (AvgIpc) is 3.46. The van der Waals surface area contributed by atoms with Crippen molar-refractivity contribution < 1.29 is 39.3 Å². The van der Waals surface area contributed by atoms with E-state index in [-0.39, 0.29) is 25.8 Å². The Morgan fingerprint density at radius 3 is 2.50 bits per heavy atom. The van der Waals surface area contributed by atoms with E-state index in [2.05, 4.69) is 20.6 Å².